The Morgan fingerprint density at radius 3 is 2.87 bits per heavy atom. The zero-order valence-corrected chi connectivity index (χ0v) is 8.71. The Morgan fingerprint density at radius 1 is 1.47 bits per heavy atom. The molecule has 0 aliphatic heterocycles. The normalized spacial score (nSPS) is 10.5. The second kappa shape index (κ2) is 3.39. The molecule has 1 aromatic heterocycles. The van der Waals surface area contributed by atoms with Crippen LogP contribution in [0.1, 0.15) is 11.3 Å². The highest BCUT2D eigenvalue weighted by molar-refractivity contribution is 5.82. The van der Waals surface area contributed by atoms with Crippen LogP contribution >= 0.6 is 0 Å². The quantitative estimate of drug-likeness (QED) is 0.698. The van der Waals surface area contributed by atoms with Crippen molar-refractivity contribution in [3.05, 3.63) is 35.3 Å². The number of aromatic nitrogens is 1. The Kier molecular flexibility index (Phi) is 2.20. The van der Waals surface area contributed by atoms with E-state index >= 15 is 0 Å². The lowest BCUT2D eigenvalue weighted by molar-refractivity contribution is 0.627. The number of nitriles is 1. The van der Waals surface area contributed by atoms with Crippen LogP contribution in [0.15, 0.2) is 18.2 Å². The van der Waals surface area contributed by atoms with Crippen molar-refractivity contribution in [2.24, 2.45) is 7.05 Å². The minimum atomic E-state index is -0.266. The molecule has 0 aliphatic carbocycles. The van der Waals surface area contributed by atoms with Crippen molar-refractivity contribution in [2.75, 3.05) is 0 Å². The van der Waals surface area contributed by atoms with Gasteiger partial charge in [0.05, 0.1) is 18.0 Å². The van der Waals surface area contributed by atoms with Gasteiger partial charge in [0.1, 0.15) is 5.82 Å². The van der Waals surface area contributed by atoms with Crippen LogP contribution in [0.25, 0.3) is 10.9 Å². The largest absolute Gasteiger partial charge is 0.348 e. The second-order valence-corrected chi connectivity index (χ2v) is 3.65. The number of hydrogen-bond acceptors (Lipinski definition) is 1. The fourth-order valence-corrected chi connectivity index (χ4v) is 1.78. The zero-order chi connectivity index (χ0) is 11.0. The lowest BCUT2D eigenvalue weighted by Crippen LogP contribution is -1.92. The van der Waals surface area contributed by atoms with Crippen molar-refractivity contribution in [3.63, 3.8) is 0 Å². The lowest BCUT2D eigenvalue weighted by Gasteiger charge is -2.01. The molecule has 3 heteroatoms. The first kappa shape index (κ1) is 9.72. The molecule has 0 saturated carbocycles. The Bertz CT molecular complexity index is 561. The fraction of sp³-hybridized carbons (Fsp3) is 0.250. The highest BCUT2D eigenvalue weighted by Crippen LogP contribution is 2.24. The van der Waals surface area contributed by atoms with Gasteiger partial charge in [-0.1, -0.05) is 6.07 Å². The van der Waals surface area contributed by atoms with Crippen molar-refractivity contribution >= 4 is 10.9 Å². The molecule has 1 heterocycles. The maximum absolute atomic E-state index is 13.9. The van der Waals surface area contributed by atoms with E-state index in [-0.39, 0.29) is 12.2 Å². The van der Waals surface area contributed by atoms with E-state index in [1.54, 1.807) is 6.07 Å². The van der Waals surface area contributed by atoms with Crippen LogP contribution in [-0.2, 0) is 13.5 Å². The lowest BCUT2D eigenvalue weighted by atomic mass is 10.1. The van der Waals surface area contributed by atoms with Crippen molar-refractivity contribution in [1.29, 1.82) is 5.26 Å². The van der Waals surface area contributed by atoms with E-state index in [1.165, 1.54) is 0 Å². The van der Waals surface area contributed by atoms with Crippen LogP contribution in [0.3, 0.4) is 0 Å². The van der Waals surface area contributed by atoms with Crippen molar-refractivity contribution < 1.29 is 4.39 Å². The van der Waals surface area contributed by atoms with Gasteiger partial charge in [-0.3, -0.25) is 0 Å². The first-order valence-corrected chi connectivity index (χ1v) is 4.75. The molecule has 15 heavy (non-hydrogen) atoms. The second-order valence-electron chi connectivity index (χ2n) is 3.65. The van der Waals surface area contributed by atoms with E-state index in [0.717, 1.165) is 11.2 Å². The summed E-state index contributed by atoms with van der Waals surface area (Å²) in [5, 5.41) is 9.15. The average Bonchev–Trinajstić information content (AvgIpc) is 2.50. The van der Waals surface area contributed by atoms with Gasteiger partial charge in [0.25, 0.3) is 0 Å². The summed E-state index contributed by atoms with van der Waals surface area (Å²) in [6.45, 7) is 1.93. The summed E-state index contributed by atoms with van der Waals surface area (Å²) in [7, 11) is 1.90. The first-order chi connectivity index (χ1) is 7.15. The Hall–Kier alpha value is -1.82. The van der Waals surface area contributed by atoms with E-state index in [1.807, 2.05) is 36.7 Å². The Balaban J connectivity index is 2.75. The molecule has 76 valence electrons. The molecular weight excluding hydrogens is 191 g/mol. The number of hydrogen-bond donors (Lipinski definition) is 0. The van der Waals surface area contributed by atoms with E-state index in [0.29, 0.717) is 10.9 Å². The third-order valence-corrected chi connectivity index (χ3v) is 2.75. The molecule has 2 nitrogen and oxygen atoms in total. The van der Waals surface area contributed by atoms with Gasteiger partial charge < -0.3 is 4.57 Å². The van der Waals surface area contributed by atoms with Gasteiger partial charge in [-0.05, 0) is 19.1 Å². The standard InChI is InChI=1S/C12H11FN2/c1-8-7-10-11(15(8)2)4-3-9(5-6-14)12(10)13/h3-4,7H,5H2,1-2H3. The molecule has 0 spiro atoms. The van der Waals surface area contributed by atoms with E-state index in [2.05, 4.69) is 0 Å². The molecule has 0 N–H and O–H groups in total. The SMILES string of the molecule is Cc1cc2c(F)c(CC#N)ccc2n1C. The molecule has 2 aromatic rings. The van der Waals surface area contributed by atoms with Gasteiger partial charge in [-0.15, -0.1) is 0 Å². The molecule has 0 fully saturated rings. The summed E-state index contributed by atoms with van der Waals surface area (Å²) >= 11 is 0. The number of fused-ring (bicyclic) bond motifs is 1. The molecule has 1 aromatic carbocycles. The van der Waals surface area contributed by atoms with Gasteiger partial charge in [0.15, 0.2) is 0 Å². The van der Waals surface area contributed by atoms with Gasteiger partial charge in [-0.25, -0.2) is 4.39 Å². The van der Waals surface area contributed by atoms with Crippen molar-refractivity contribution in [2.45, 2.75) is 13.3 Å². The average molecular weight is 202 g/mol. The zero-order valence-electron chi connectivity index (χ0n) is 8.71. The third-order valence-electron chi connectivity index (χ3n) is 2.75. The van der Waals surface area contributed by atoms with E-state index < -0.39 is 0 Å². The summed E-state index contributed by atoms with van der Waals surface area (Å²) < 4.78 is 15.8. The maximum Gasteiger partial charge on any atom is 0.136 e. The van der Waals surface area contributed by atoms with Crippen LogP contribution in [0.5, 0.6) is 0 Å². The molecule has 0 aliphatic rings. The fourth-order valence-electron chi connectivity index (χ4n) is 1.78. The van der Waals surface area contributed by atoms with Crippen molar-refractivity contribution in [1.82, 2.24) is 4.57 Å². The molecule has 0 radical (unpaired) electrons. The topological polar surface area (TPSA) is 28.7 Å². The molecule has 0 bridgehead atoms. The Morgan fingerprint density at radius 2 is 2.20 bits per heavy atom. The third kappa shape index (κ3) is 1.39. The minimum absolute atomic E-state index is 0.121. The van der Waals surface area contributed by atoms with Crippen LogP contribution in [0, 0.1) is 24.1 Å². The van der Waals surface area contributed by atoms with Crippen LogP contribution in [0.2, 0.25) is 0 Å². The van der Waals surface area contributed by atoms with Crippen LogP contribution < -0.4 is 0 Å². The number of nitrogens with zero attached hydrogens (tertiary/aromatic N) is 2. The molecule has 0 atom stereocenters. The maximum atomic E-state index is 13.9. The highest BCUT2D eigenvalue weighted by Gasteiger charge is 2.10. The summed E-state index contributed by atoms with van der Waals surface area (Å²) in [5.41, 5.74) is 2.35. The molecule has 0 unspecified atom stereocenters. The number of aryl methyl sites for hydroxylation is 2. The molecule has 0 saturated heterocycles. The minimum Gasteiger partial charge on any atom is -0.348 e. The number of rotatable bonds is 1. The highest BCUT2D eigenvalue weighted by atomic mass is 19.1. The van der Waals surface area contributed by atoms with Crippen LogP contribution in [-0.4, -0.2) is 4.57 Å². The van der Waals surface area contributed by atoms with E-state index in [4.69, 9.17) is 5.26 Å². The van der Waals surface area contributed by atoms with Gasteiger partial charge in [-0.2, -0.15) is 5.26 Å². The van der Waals surface area contributed by atoms with Crippen molar-refractivity contribution in [3.8, 4) is 6.07 Å². The molecule has 0 amide bonds. The van der Waals surface area contributed by atoms with Gasteiger partial charge >= 0.3 is 0 Å². The summed E-state index contributed by atoms with van der Waals surface area (Å²) in [4.78, 5) is 0. The van der Waals surface area contributed by atoms with Gasteiger partial charge in [0, 0.05) is 23.7 Å². The number of benzene rings is 1. The van der Waals surface area contributed by atoms with Gasteiger partial charge in [0.2, 0.25) is 0 Å². The summed E-state index contributed by atoms with van der Waals surface area (Å²) in [5.74, 6) is -0.266. The molecular formula is C12H11FN2. The smallest absolute Gasteiger partial charge is 0.136 e. The van der Waals surface area contributed by atoms with E-state index in [9.17, 15) is 4.39 Å². The Labute approximate surface area is 87.6 Å². The monoisotopic (exact) mass is 202 g/mol. The molecule has 2 rings (SSSR count). The van der Waals surface area contributed by atoms with Crippen LogP contribution in [0.4, 0.5) is 4.39 Å². The summed E-state index contributed by atoms with van der Waals surface area (Å²) in [6, 6.07) is 7.32. The predicted molar refractivity (Wildman–Crippen MR) is 56.9 cm³/mol. The summed E-state index contributed by atoms with van der Waals surface area (Å²) in [6.07, 6.45) is 0.121. The predicted octanol–water partition coefficient (Wildman–Crippen LogP) is 2.69. The first-order valence-electron chi connectivity index (χ1n) is 4.75. The number of halogens is 1.